The van der Waals surface area contributed by atoms with Crippen LogP contribution in [0.15, 0.2) is 41.0 Å². The number of benzene rings is 1. The highest BCUT2D eigenvalue weighted by atomic mass is 35.5. The van der Waals surface area contributed by atoms with Gasteiger partial charge in [-0.25, -0.2) is 0 Å². The van der Waals surface area contributed by atoms with Crippen molar-refractivity contribution in [1.29, 1.82) is 0 Å². The average Bonchev–Trinajstić information content (AvgIpc) is 3.16. The number of hydrogen-bond donors (Lipinski definition) is 1. The summed E-state index contributed by atoms with van der Waals surface area (Å²) in [6.45, 7) is 3.21. The number of hydrogen-bond acceptors (Lipinski definition) is 5. The minimum Gasteiger partial charge on any atom is -0.482 e. The molecular weight excluding hydrogens is 379 g/mol. The SMILES string of the molecule is O=C(COc1ccc(Cl)cc1Cl)NC[C@@H](c1ccco1)N1CCOCC1. The van der Waals surface area contributed by atoms with Gasteiger partial charge in [0.25, 0.3) is 5.91 Å². The molecule has 1 aromatic carbocycles. The Morgan fingerprint density at radius 1 is 1.27 bits per heavy atom. The molecule has 6 nitrogen and oxygen atoms in total. The van der Waals surface area contributed by atoms with Gasteiger partial charge in [-0.05, 0) is 30.3 Å². The second-order valence-corrected chi connectivity index (χ2v) is 6.69. The monoisotopic (exact) mass is 398 g/mol. The molecule has 2 heterocycles. The number of rotatable bonds is 7. The highest BCUT2D eigenvalue weighted by molar-refractivity contribution is 6.35. The quantitative estimate of drug-likeness (QED) is 0.775. The molecule has 1 saturated heterocycles. The summed E-state index contributed by atoms with van der Waals surface area (Å²) >= 11 is 11.9. The second-order valence-electron chi connectivity index (χ2n) is 5.85. The third-order valence-electron chi connectivity index (χ3n) is 4.10. The predicted octanol–water partition coefficient (Wildman–Crippen LogP) is 3.15. The Hall–Kier alpha value is -1.73. The predicted molar refractivity (Wildman–Crippen MR) is 98.8 cm³/mol. The molecule has 1 aliphatic heterocycles. The number of morpholine rings is 1. The Balaban J connectivity index is 1.53. The van der Waals surface area contributed by atoms with Crippen molar-refractivity contribution in [3.8, 4) is 5.75 Å². The maximum absolute atomic E-state index is 12.2. The minimum absolute atomic E-state index is 0.0445. The van der Waals surface area contributed by atoms with Gasteiger partial charge in [-0.1, -0.05) is 23.2 Å². The van der Waals surface area contributed by atoms with Crippen molar-refractivity contribution in [3.05, 3.63) is 52.4 Å². The van der Waals surface area contributed by atoms with Gasteiger partial charge in [-0.15, -0.1) is 0 Å². The van der Waals surface area contributed by atoms with Gasteiger partial charge in [0, 0.05) is 24.7 Å². The summed E-state index contributed by atoms with van der Waals surface area (Å²) in [4.78, 5) is 14.4. The maximum Gasteiger partial charge on any atom is 0.258 e. The van der Waals surface area contributed by atoms with Gasteiger partial charge in [0.05, 0.1) is 30.5 Å². The molecule has 3 rings (SSSR count). The number of carbonyl (C=O) groups is 1. The van der Waals surface area contributed by atoms with E-state index in [0.717, 1.165) is 18.8 Å². The van der Waals surface area contributed by atoms with Crippen LogP contribution in [-0.4, -0.2) is 50.3 Å². The van der Waals surface area contributed by atoms with Crippen molar-refractivity contribution in [3.63, 3.8) is 0 Å². The van der Waals surface area contributed by atoms with Crippen molar-refractivity contribution in [2.45, 2.75) is 6.04 Å². The van der Waals surface area contributed by atoms with Crippen LogP contribution in [0.25, 0.3) is 0 Å². The molecule has 0 saturated carbocycles. The van der Waals surface area contributed by atoms with Crippen LogP contribution in [-0.2, 0) is 9.53 Å². The smallest absolute Gasteiger partial charge is 0.258 e. The molecule has 140 valence electrons. The Morgan fingerprint density at radius 3 is 2.77 bits per heavy atom. The van der Waals surface area contributed by atoms with Crippen LogP contribution in [0, 0.1) is 0 Å². The van der Waals surface area contributed by atoms with Gasteiger partial charge in [-0.2, -0.15) is 0 Å². The van der Waals surface area contributed by atoms with Crippen LogP contribution >= 0.6 is 23.2 Å². The lowest BCUT2D eigenvalue weighted by atomic mass is 10.1. The van der Waals surface area contributed by atoms with Crippen molar-refractivity contribution in [2.24, 2.45) is 0 Å². The highest BCUT2D eigenvalue weighted by Gasteiger charge is 2.25. The maximum atomic E-state index is 12.2. The lowest BCUT2D eigenvalue weighted by Gasteiger charge is -2.33. The van der Waals surface area contributed by atoms with Gasteiger partial charge >= 0.3 is 0 Å². The van der Waals surface area contributed by atoms with Crippen molar-refractivity contribution < 1.29 is 18.7 Å². The fourth-order valence-electron chi connectivity index (χ4n) is 2.78. The number of nitrogens with one attached hydrogen (secondary N) is 1. The van der Waals surface area contributed by atoms with E-state index in [0.29, 0.717) is 35.6 Å². The molecule has 1 aliphatic rings. The number of halogens is 2. The standard InChI is InChI=1S/C18H20Cl2N2O4/c19-13-3-4-16(14(20)10-13)26-12-18(23)21-11-15(17-2-1-7-25-17)22-5-8-24-9-6-22/h1-4,7,10,15H,5-6,8-9,11-12H2,(H,21,23)/t15-/m0/s1. The van der Waals surface area contributed by atoms with Crippen LogP contribution in [0.4, 0.5) is 0 Å². The first-order valence-corrected chi connectivity index (χ1v) is 9.09. The van der Waals surface area contributed by atoms with E-state index >= 15 is 0 Å². The van der Waals surface area contributed by atoms with E-state index in [4.69, 9.17) is 37.1 Å². The summed E-state index contributed by atoms with van der Waals surface area (Å²) < 4.78 is 16.4. The minimum atomic E-state index is -0.235. The van der Waals surface area contributed by atoms with Crippen LogP contribution in [0.2, 0.25) is 10.0 Å². The lowest BCUT2D eigenvalue weighted by molar-refractivity contribution is -0.123. The first-order chi connectivity index (χ1) is 12.6. The molecule has 26 heavy (non-hydrogen) atoms. The zero-order valence-corrected chi connectivity index (χ0v) is 15.6. The van der Waals surface area contributed by atoms with E-state index < -0.39 is 0 Å². The van der Waals surface area contributed by atoms with Crippen molar-refractivity contribution in [1.82, 2.24) is 10.2 Å². The molecule has 0 bridgehead atoms. The third-order valence-corrected chi connectivity index (χ3v) is 4.63. The van der Waals surface area contributed by atoms with Gasteiger partial charge < -0.3 is 19.2 Å². The van der Waals surface area contributed by atoms with Crippen LogP contribution in [0.1, 0.15) is 11.8 Å². The van der Waals surface area contributed by atoms with E-state index in [1.807, 2.05) is 12.1 Å². The summed E-state index contributed by atoms with van der Waals surface area (Å²) in [5, 5.41) is 3.77. The fourth-order valence-corrected chi connectivity index (χ4v) is 3.24. The normalized spacial score (nSPS) is 16.2. The molecular formula is C18H20Cl2N2O4. The van der Waals surface area contributed by atoms with Crippen molar-refractivity contribution in [2.75, 3.05) is 39.5 Å². The molecule has 1 amide bonds. The zero-order chi connectivity index (χ0) is 18.4. The molecule has 0 aliphatic carbocycles. The number of amides is 1. The van der Waals surface area contributed by atoms with E-state index in [9.17, 15) is 4.79 Å². The number of ether oxygens (including phenoxy) is 2. The average molecular weight is 399 g/mol. The summed E-state index contributed by atoms with van der Waals surface area (Å²) in [6.07, 6.45) is 1.64. The molecule has 8 heteroatoms. The van der Waals surface area contributed by atoms with E-state index in [1.54, 1.807) is 24.5 Å². The van der Waals surface area contributed by atoms with Crippen molar-refractivity contribution >= 4 is 29.1 Å². The largest absolute Gasteiger partial charge is 0.482 e. The molecule has 2 aromatic rings. The molecule has 0 radical (unpaired) electrons. The molecule has 0 unspecified atom stereocenters. The van der Waals surface area contributed by atoms with Gasteiger partial charge in [0.1, 0.15) is 11.5 Å². The fraction of sp³-hybridized carbons (Fsp3) is 0.389. The van der Waals surface area contributed by atoms with Gasteiger partial charge in [0.15, 0.2) is 6.61 Å². The Morgan fingerprint density at radius 2 is 2.08 bits per heavy atom. The first kappa shape index (κ1) is 19.0. The summed E-state index contributed by atoms with van der Waals surface area (Å²) in [7, 11) is 0. The van der Waals surface area contributed by atoms with Gasteiger partial charge in [0.2, 0.25) is 0 Å². The number of carbonyl (C=O) groups excluding carboxylic acids is 1. The van der Waals surface area contributed by atoms with Crippen LogP contribution < -0.4 is 10.1 Å². The first-order valence-electron chi connectivity index (χ1n) is 8.33. The second kappa shape index (κ2) is 9.28. The Kier molecular flexibility index (Phi) is 6.80. The van der Waals surface area contributed by atoms with E-state index in [1.165, 1.54) is 0 Å². The van der Waals surface area contributed by atoms with Gasteiger partial charge in [-0.3, -0.25) is 9.69 Å². The molecule has 0 spiro atoms. The lowest BCUT2D eigenvalue weighted by Crippen LogP contribution is -2.44. The third kappa shape index (κ3) is 5.14. The Labute approximate surface area is 162 Å². The zero-order valence-electron chi connectivity index (χ0n) is 14.1. The molecule has 1 atom stereocenters. The number of furan rings is 1. The molecule has 1 fully saturated rings. The highest BCUT2D eigenvalue weighted by Crippen LogP contribution is 2.27. The summed E-state index contributed by atoms with van der Waals surface area (Å²) in [6, 6.07) is 8.58. The summed E-state index contributed by atoms with van der Waals surface area (Å²) in [5.74, 6) is 0.997. The van der Waals surface area contributed by atoms with E-state index in [2.05, 4.69) is 10.2 Å². The van der Waals surface area contributed by atoms with Crippen LogP contribution in [0.3, 0.4) is 0 Å². The van der Waals surface area contributed by atoms with E-state index in [-0.39, 0.29) is 18.6 Å². The molecule has 1 aromatic heterocycles. The topological polar surface area (TPSA) is 63.9 Å². The summed E-state index contributed by atoms with van der Waals surface area (Å²) in [5.41, 5.74) is 0. The number of nitrogens with zero attached hydrogens (tertiary/aromatic N) is 1. The van der Waals surface area contributed by atoms with Crippen LogP contribution in [0.5, 0.6) is 5.75 Å². The Bertz CT molecular complexity index is 718. The molecule has 1 N–H and O–H groups in total.